The number of nitrogens with two attached hydrogens (primary N) is 1. The van der Waals surface area contributed by atoms with Gasteiger partial charge < -0.3 is 20.5 Å². The molecule has 0 radical (unpaired) electrons. The number of carbonyl (C=O) groups excluding carboxylic acids is 2. The SMILES string of the molecule is CC(F)(F)COc1ccc2c(C(=O)NC3CCC(Oc4ncccc4C(N)=O)CC3)cnn2c1Br. The topological polar surface area (TPSA) is 121 Å². The first-order valence-corrected chi connectivity index (χ1v) is 11.8. The van der Waals surface area contributed by atoms with Gasteiger partial charge in [0.2, 0.25) is 5.88 Å². The van der Waals surface area contributed by atoms with E-state index < -0.39 is 18.4 Å². The van der Waals surface area contributed by atoms with Crippen molar-refractivity contribution < 1.29 is 27.8 Å². The second-order valence-electron chi connectivity index (χ2n) is 8.49. The molecular weight excluding hydrogens is 528 g/mol. The van der Waals surface area contributed by atoms with Gasteiger partial charge in [0.25, 0.3) is 17.7 Å². The van der Waals surface area contributed by atoms with E-state index in [1.54, 1.807) is 18.2 Å². The lowest BCUT2D eigenvalue weighted by Gasteiger charge is -2.29. The summed E-state index contributed by atoms with van der Waals surface area (Å²) in [6, 6.07) is 6.25. The number of rotatable bonds is 8. The van der Waals surface area contributed by atoms with Crippen molar-refractivity contribution in [3.63, 3.8) is 0 Å². The van der Waals surface area contributed by atoms with Crippen LogP contribution in [0, 0.1) is 0 Å². The first-order valence-electron chi connectivity index (χ1n) is 11.0. The number of hydrogen-bond donors (Lipinski definition) is 2. The monoisotopic (exact) mass is 551 g/mol. The highest BCUT2D eigenvalue weighted by atomic mass is 79.9. The summed E-state index contributed by atoms with van der Waals surface area (Å²) < 4.78 is 39.1. The van der Waals surface area contributed by atoms with Crippen molar-refractivity contribution in [3.8, 4) is 11.6 Å². The summed E-state index contributed by atoms with van der Waals surface area (Å²) in [7, 11) is 0. The van der Waals surface area contributed by atoms with Gasteiger partial charge in [-0.05, 0) is 65.9 Å². The molecule has 3 heterocycles. The Bertz CT molecular complexity index is 1240. The molecule has 12 heteroatoms. The summed E-state index contributed by atoms with van der Waals surface area (Å²) in [4.78, 5) is 28.6. The van der Waals surface area contributed by atoms with Gasteiger partial charge in [0.1, 0.15) is 16.3 Å². The van der Waals surface area contributed by atoms with E-state index in [9.17, 15) is 18.4 Å². The highest BCUT2D eigenvalue weighted by Crippen LogP contribution is 2.29. The number of pyridine rings is 2. The van der Waals surface area contributed by atoms with Gasteiger partial charge in [-0.25, -0.2) is 18.3 Å². The molecule has 1 fully saturated rings. The van der Waals surface area contributed by atoms with Gasteiger partial charge >= 0.3 is 0 Å². The minimum atomic E-state index is -2.98. The molecule has 1 aliphatic rings. The third-order valence-electron chi connectivity index (χ3n) is 5.64. The van der Waals surface area contributed by atoms with Crippen LogP contribution in [0.5, 0.6) is 11.6 Å². The minimum Gasteiger partial charge on any atom is -0.484 e. The van der Waals surface area contributed by atoms with E-state index >= 15 is 0 Å². The molecule has 2 amide bonds. The molecule has 0 bridgehead atoms. The van der Waals surface area contributed by atoms with Crippen LogP contribution in [0.2, 0.25) is 0 Å². The molecule has 0 spiro atoms. The summed E-state index contributed by atoms with van der Waals surface area (Å²) in [6.45, 7) is -0.00540. The summed E-state index contributed by atoms with van der Waals surface area (Å²) in [6.07, 6.45) is 5.53. The number of aromatic nitrogens is 3. The Labute approximate surface area is 208 Å². The molecule has 35 heavy (non-hydrogen) atoms. The molecule has 186 valence electrons. The second kappa shape index (κ2) is 10.1. The zero-order chi connectivity index (χ0) is 25.2. The molecular formula is C23H24BrF2N5O4. The molecule has 4 rings (SSSR count). The van der Waals surface area contributed by atoms with E-state index in [0.717, 1.165) is 6.92 Å². The van der Waals surface area contributed by atoms with Gasteiger partial charge in [0.05, 0.1) is 17.3 Å². The standard InChI is InChI=1S/C23H24BrF2N5O4/c1-23(25,26)12-34-18-9-8-17-16(11-29-31(17)19(18)24)21(33)30-13-4-6-14(7-5-13)35-22-15(20(27)32)3-2-10-28-22/h2-3,8-11,13-14H,4-7,12H2,1H3,(H2,27,32)(H,30,33). The maximum Gasteiger partial charge on any atom is 0.278 e. The van der Waals surface area contributed by atoms with E-state index in [0.29, 0.717) is 41.4 Å². The van der Waals surface area contributed by atoms with Gasteiger partial charge in [0, 0.05) is 19.2 Å². The molecule has 9 nitrogen and oxygen atoms in total. The van der Waals surface area contributed by atoms with E-state index in [2.05, 4.69) is 31.3 Å². The van der Waals surface area contributed by atoms with Crippen LogP contribution in [0.3, 0.4) is 0 Å². The Morgan fingerprint density at radius 3 is 2.66 bits per heavy atom. The van der Waals surface area contributed by atoms with Crippen LogP contribution in [0.4, 0.5) is 8.78 Å². The van der Waals surface area contributed by atoms with Crippen molar-refractivity contribution in [1.82, 2.24) is 19.9 Å². The Morgan fingerprint density at radius 1 is 1.23 bits per heavy atom. The molecule has 3 aromatic rings. The number of nitrogens with one attached hydrogen (secondary N) is 1. The fourth-order valence-electron chi connectivity index (χ4n) is 3.91. The molecule has 0 atom stereocenters. The first kappa shape index (κ1) is 24.8. The Hall–Kier alpha value is -3.28. The van der Waals surface area contributed by atoms with Gasteiger partial charge in [0.15, 0.2) is 12.4 Å². The zero-order valence-corrected chi connectivity index (χ0v) is 20.4. The lowest BCUT2D eigenvalue weighted by atomic mass is 9.92. The van der Waals surface area contributed by atoms with E-state index in [4.69, 9.17) is 15.2 Å². The predicted octanol–water partition coefficient (Wildman–Crippen LogP) is 3.74. The minimum absolute atomic E-state index is 0.0607. The third-order valence-corrected chi connectivity index (χ3v) is 6.37. The Balaban J connectivity index is 1.36. The van der Waals surface area contributed by atoms with E-state index in [1.807, 2.05) is 0 Å². The van der Waals surface area contributed by atoms with Crippen LogP contribution in [-0.2, 0) is 0 Å². The van der Waals surface area contributed by atoms with Crippen LogP contribution in [0.1, 0.15) is 53.3 Å². The average molecular weight is 552 g/mol. The number of carbonyl (C=O) groups is 2. The van der Waals surface area contributed by atoms with Crippen LogP contribution >= 0.6 is 15.9 Å². The zero-order valence-electron chi connectivity index (χ0n) is 18.8. The van der Waals surface area contributed by atoms with Crippen molar-refractivity contribution in [1.29, 1.82) is 0 Å². The number of amides is 2. The summed E-state index contributed by atoms with van der Waals surface area (Å²) in [5.41, 5.74) is 6.48. The number of ether oxygens (including phenoxy) is 2. The molecule has 1 aliphatic carbocycles. The highest BCUT2D eigenvalue weighted by molar-refractivity contribution is 9.10. The van der Waals surface area contributed by atoms with Gasteiger partial charge in [-0.2, -0.15) is 5.10 Å². The molecule has 0 aromatic carbocycles. The van der Waals surface area contributed by atoms with Gasteiger partial charge in [-0.3, -0.25) is 9.59 Å². The smallest absolute Gasteiger partial charge is 0.278 e. The summed E-state index contributed by atoms with van der Waals surface area (Å²) in [5.74, 6) is -3.45. The van der Waals surface area contributed by atoms with Crippen molar-refractivity contribution in [2.24, 2.45) is 5.73 Å². The lowest BCUT2D eigenvalue weighted by molar-refractivity contribution is -0.0233. The highest BCUT2D eigenvalue weighted by Gasteiger charge is 2.27. The van der Waals surface area contributed by atoms with Gasteiger partial charge in [-0.1, -0.05) is 0 Å². The van der Waals surface area contributed by atoms with Crippen LogP contribution in [0.25, 0.3) is 5.52 Å². The molecule has 3 aromatic heterocycles. The Kier molecular flexibility index (Phi) is 7.20. The number of halogens is 3. The van der Waals surface area contributed by atoms with E-state index in [-0.39, 0.29) is 35.2 Å². The largest absolute Gasteiger partial charge is 0.484 e. The number of hydrogen-bond acceptors (Lipinski definition) is 6. The van der Waals surface area contributed by atoms with Gasteiger partial charge in [-0.15, -0.1) is 0 Å². The van der Waals surface area contributed by atoms with E-state index in [1.165, 1.54) is 23.0 Å². The molecule has 3 N–H and O–H groups in total. The number of primary amides is 1. The molecule has 0 aliphatic heterocycles. The molecule has 0 saturated heterocycles. The lowest BCUT2D eigenvalue weighted by Crippen LogP contribution is -2.39. The van der Waals surface area contributed by atoms with Crippen molar-refractivity contribution in [2.75, 3.05) is 6.61 Å². The average Bonchev–Trinajstić information content (AvgIpc) is 3.25. The Morgan fingerprint density at radius 2 is 1.97 bits per heavy atom. The number of fused-ring (bicyclic) bond motifs is 1. The summed E-state index contributed by atoms with van der Waals surface area (Å²) >= 11 is 3.31. The fraction of sp³-hybridized carbons (Fsp3) is 0.391. The summed E-state index contributed by atoms with van der Waals surface area (Å²) in [5, 5.41) is 7.22. The molecule has 0 unspecified atom stereocenters. The first-order chi connectivity index (χ1) is 16.6. The molecule has 1 saturated carbocycles. The normalized spacial score (nSPS) is 18.3. The van der Waals surface area contributed by atoms with Crippen LogP contribution in [-0.4, -0.2) is 51.1 Å². The second-order valence-corrected chi connectivity index (χ2v) is 9.24. The third kappa shape index (κ3) is 5.87. The quantitative estimate of drug-likeness (QED) is 0.411. The van der Waals surface area contributed by atoms with Crippen molar-refractivity contribution in [3.05, 3.63) is 52.4 Å². The number of nitrogens with zero attached hydrogens (tertiary/aromatic N) is 3. The maximum absolute atomic E-state index is 13.1. The predicted molar refractivity (Wildman–Crippen MR) is 126 cm³/mol. The van der Waals surface area contributed by atoms with Crippen LogP contribution < -0.4 is 20.5 Å². The fourth-order valence-corrected chi connectivity index (χ4v) is 4.44. The van der Waals surface area contributed by atoms with Crippen molar-refractivity contribution in [2.45, 2.75) is 50.7 Å². The number of alkyl halides is 2. The van der Waals surface area contributed by atoms with Crippen molar-refractivity contribution >= 4 is 33.3 Å². The van der Waals surface area contributed by atoms with Crippen LogP contribution in [0.15, 0.2) is 41.3 Å². The maximum atomic E-state index is 13.1.